The number of isothiocyanates is 1. The van der Waals surface area contributed by atoms with E-state index in [0.717, 1.165) is 36.3 Å². The van der Waals surface area contributed by atoms with E-state index < -0.39 is 51.6 Å². The molecule has 0 unspecified atom stereocenters. The van der Waals surface area contributed by atoms with E-state index in [2.05, 4.69) is 54.3 Å². The lowest BCUT2D eigenvalue weighted by Gasteiger charge is -2.33. The molecule has 356 valence electrons. The van der Waals surface area contributed by atoms with Gasteiger partial charge in [0.2, 0.25) is 5.78 Å². The van der Waals surface area contributed by atoms with Gasteiger partial charge in [-0.05, 0) is 104 Å². The highest BCUT2D eigenvalue weighted by Crippen LogP contribution is 2.34. The normalized spacial score (nSPS) is 14.0. The van der Waals surface area contributed by atoms with Crippen molar-refractivity contribution >= 4 is 79.3 Å². The number of nitrogens with zero attached hydrogens (tertiary/aromatic N) is 5. The second kappa shape index (κ2) is 25.8. The number of thiocarbonyl (C=S) groups is 1. The van der Waals surface area contributed by atoms with Gasteiger partial charge in [0.05, 0.1) is 36.3 Å². The van der Waals surface area contributed by atoms with E-state index >= 15 is 0 Å². The third kappa shape index (κ3) is 17.4. The van der Waals surface area contributed by atoms with Crippen LogP contribution in [0.4, 0.5) is 38.1 Å². The summed E-state index contributed by atoms with van der Waals surface area (Å²) in [5, 5.41) is 13.0. The Hall–Kier alpha value is -5.56. The number of carbonyl (C=O) groups excluding carboxylic acids is 4. The second-order valence-electron chi connectivity index (χ2n) is 15.9. The molecule has 2 aliphatic rings. The number of hydrogen-bond acceptors (Lipinski definition) is 16. The fourth-order valence-electron chi connectivity index (χ4n) is 5.90. The topological polar surface area (TPSA) is 225 Å². The first-order valence-electron chi connectivity index (χ1n) is 19.8. The minimum absolute atomic E-state index is 0.00244. The molecule has 65 heavy (non-hydrogen) atoms. The Morgan fingerprint density at radius 3 is 1.71 bits per heavy atom. The molecule has 2 saturated heterocycles. The van der Waals surface area contributed by atoms with Gasteiger partial charge in [-0.2, -0.15) is 5.26 Å². The smallest absolute Gasteiger partial charge is 0.410 e. The van der Waals surface area contributed by atoms with Gasteiger partial charge in [0.1, 0.15) is 39.0 Å². The number of rotatable bonds is 9. The molecule has 2 amide bonds. The summed E-state index contributed by atoms with van der Waals surface area (Å²) in [5.41, 5.74) is 8.18. The van der Waals surface area contributed by atoms with E-state index in [1.54, 1.807) is 9.80 Å². The summed E-state index contributed by atoms with van der Waals surface area (Å²) in [6.07, 6.45) is 3.62. The number of alkyl halides is 1. The van der Waals surface area contributed by atoms with E-state index in [4.69, 9.17) is 29.9 Å². The van der Waals surface area contributed by atoms with Gasteiger partial charge in [-0.25, -0.2) is 37.1 Å². The first-order chi connectivity index (χ1) is 30.4. The minimum atomic E-state index is -1.30. The van der Waals surface area contributed by atoms with Crippen LogP contribution in [0.2, 0.25) is 0 Å². The van der Waals surface area contributed by atoms with Crippen LogP contribution in [0, 0.1) is 34.7 Å². The molecule has 16 nitrogen and oxygen atoms in total. The van der Waals surface area contributed by atoms with E-state index in [-0.39, 0.29) is 57.4 Å². The predicted octanol–water partition coefficient (Wildman–Crippen LogP) is 8.52. The number of piperidine rings is 2. The summed E-state index contributed by atoms with van der Waals surface area (Å²) in [6.45, 7) is 13.4. The third-order valence-electron chi connectivity index (χ3n) is 8.87. The third-order valence-corrected chi connectivity index (χ3v) is 10.5. The fraction of sp³-hybridized carbons (Fsp3) is 0.500. The maximum atomic E-state index is 14.3. The Morgan fingerprint density at radius 1 is 0.862 bits per heavy atom. The number of aromatic nitrogens is 1. The number of Topliss-reactive ketones (excluding diaryl/α,β-unsaturated/α-hetero) is 1. The summed E-state index contributed by atoms with van der Waals surface area (Å²) >= 11 is 8.40. The van der Waals surface area contributed by atoms with Crippen molar-refractivity contribution in [3.8, 4) is 17.7 Å². The Balaban J connectivity index is 0.000000366. The Bertz CT molecular complexity index is 2210. The highest BCUT2D eigenvalue weighted by atomic mass is 79.9. The molecule has 0 aliphatic carbocycles. The molecule has 0 bridgehead atoms. The van der Waals surface area contributed by atoms with E-state index in [0.29, 0.717) is 44.2 Å². The van der Waals surface area contributed by atoms with E-state index in [9.17, 15) is 36.7 Å². The van der Waals surface area contributed by atoms with Gasteiger partial charge in [-0.1, -0.05) is 27.3 Å². The average molecular weight is 1020 g/mol. The van der Waals surface area contributed by atoms with Crippen LogP contribution in [0.15, 0.2) is 29.3 Å². The molecule has 3 aromatic rings. The summed E-state index contributed by atoms with van der Waals surface area (Å²) in [6, 6.07) is 4.42. The minimum Gasteiger partial charge on any atom is -0.496 e. The molecule has 0 saturated carbocycles. The zero-order valence-electron chi connectivity index (χ0n) is 37.2. The number of nitrogens with two attached hydrogens (primary N) is 2. The first kappa shape index (κ1) is 55.6. The largest absolute Gasteiger partial charge is 0.496 e. The van der Waals surface area contributed by atoms with Crippen molar-refractivity contribution in [2.24, 2.45) is 10.7 Å². The van der Waals surface area contributed by atoms with Crippen molar-refractivity contribution in [3.63, 3.8) is 0 Å². The molecular formula is C42H53BrF4N8O8S2. The zero-order valence-corrected chi connectivity index (χ0v) is 40.4. The van der Waals surface area contributed by atoms with Crippen LogP contribution in [0.25, 0.3) is 0 Å². The number of nitriles is 1. The number of halogens is 5. The van der Waals surface area contributed by atoms with Gasteiger partial charge in [-0.15, -0.1) is 0 Å². The summed E-state index contributed by atoms with van der Waals surface area (Å²) in [5.74, 6) is -6.19. The van der Waals surface area contributed by atoms with Crippen molar-refractivity contribution < 1.29 is 55.7 Å². The van der Waals surface area contributed by atoms with Crippen molar-refractivity contribution in [3.05, 3.63) is 63.5 Å². The van der Waals surface area contributed by atoms with Gasteiger partial charge in [0.25, 0.3) is 0 Å². The van der Waals surface area contributed by atoms with Crippen LogP contribution in [-0.4, -0.2) is 113 Å². The van der Waals surface area contributed by atoms with Crippen LogP contribution in [0.1, 0.15) is 92.8 Å². The van der Waals surface area contributed by atoms with Crippen LogP contribution < -0.4 is 26.3 Å². The Kier molecular flexibility index (Phi) is 22.1. The van der Waals surface area contributed by atoms with Crippen LogP contribution in [0.5, 0.6) is 11.5 Å². The highest BCUT2D eigenvalue weighted by molar-refractivity contribution is 9.09. The number of benzene rings is 2. The molecule has 2 fully saturated rings. The fourth-order valence-corrected chi connectivity index (χ4v) is 7.24. The molecule has 2 aliphatic heterocycles. The van der Waals surface area contributed by atoms with Gasteiger partial charge in [-0.3, -0.25) is 9.59 Å². The van der Waals surface area contributed by atoms with Crippen molar-refractivity contribution in [2.75, 3.05) is 56.8 Å². The lowest BCUT2D eigenvalue weighted by atomic mass is 10.1. The number of methoxy groups -OCH3 is 2. The number of nitrogen functional groups attached to an aromatic ring is 1. The second-order valence-corrected chi connectivity index (χ2v) is 17.7. The quantitative estimate of drug-likeness (QED) is 0.0348. The number of nitrogens with one attached hydrogen (secondary N) is 1. The molecule has 0 radical (unpaired) electrons. The van der Waals surface area contributed by atoms with Crippen molar-refractivity contribution in [2.45, 2.75) is 90.5 Å². The number of hydrogen-bond donors (Lipinski definition) is 3. The number of ether oxygens (including phenoxy) is 4. The first-order valence-corrected chi connectivity index (χ1v) is 22.1. The Labute approximate surface area is 392 Å². The lowest BCUT2D eigenvalue weighted by Crippen LogP contribution is -2.44. The summed E-state index contributed by atoms with van der Waals surface area (Å²) in [7, 11) is 2.55. The molecule has 5 N–H and O–H groups in total. The lowest BCUT2D eigenvalue weighted by molar-refractivity contribution is 0.0198. The van der Waals surface area contributed by atoms with Crippen LogP contribution >= 0.6 is 39.5 Å². The van der Waals surface area contributed by atoms with Gasteiger partial charge in [0.15, 0.2) is 40.4 Å². The maximum Gasteiger partial charge on any atom is 0.410 e. The number of likely N-dealkylation sites (tertiary alicyclic amines) is 2. The maximum absolute atomic E-state index is 14.3. The molecule has 3 heterocycles. The van der Waals surface area contributed by atoms with Crippen LogP contribution in [0.3, 0.4) is 0 Å². The average Bonchev–Trinajstić information content (AvgIpc) is 3.61. The highest BCUT2D eigenvalue weighted by Gasteiger charge is 2.30. The predicted molar refractivity (Wildman–Crippen MR) is 244 cm³/mol. The van der Waals surface area contributed by atoms with Gasteiger partial charge >= 0.3 is 12.2 Å². The molecule has 0 atom stereocenters. The zero-order chi connectivity index (χ0) is 49.2. The molecular weight excluding hydrogens is 965 g/mol. The number of carbonyl (C=O) groups is 4. The van der Waals surface area contributed by atoms with E-state index in [1.165, 1.54) is 32.5 Å². The van der Waals surface area contributed by atoms with Gasteiger partial charge in [0, 0.05) is 32.2 Å². The van der Waals surface area contributed by atoms with Gasteiger partial charge < -0.3 is 45.5 Å². The summed E-state index contributed by atoms with van der Waals surface area (Å²) in [4.78, 5) is 59.6. The van der Waals surface area contributed by atoms with E-state index in [1.807, 2.05) is 41.5 Å². The van der Waals surface area contributed by atoms with Crippen molar-refractivity contribution in [1.82, 2.24) is 14.8 Å². The standard InChI is InChI=1S/C21H26F2N4O4S.C11H18N2O2S.C9H7BrF2O2.CH2N2/c1-21(2,3)31-20(29)27-9-7-11(8-10-27)25-19-26-18(24)17(32-19)16(28)14-13(30-4)6-5-12(22)15(14)23;1-11(2,3)15-10(14)13-6-4-9(5-7-13)12-8-16;1-14-7-3-2-5(11)9(12)8(7)6(13)4-10;2-1-3/h5-6,11H,7-10,24H2,1-4H3,(H,25,26);9H,4-7H2,1-3H3;2-3H,4H2,1H3;2H2. The summed E-state index contributed by atoms with van der Waals surface area (Å²) < 4.78 is 74.4. The number of aliphatic imine (C=N–C) groups is 1. The SMILES string of the molecule is CC(C)(C)OC(=O)N1CCC(N=C=S)CC1.COc1ccc(F)c(F)c1C(=O)CBr.COc1ccc(F)c(F)c1C(=O)c1sc(NC2CCN(C(=O)OC(C)(C)C)CC2)nc1N.N#CN. The molecule has 0 spiro atoms. The molecule has 1 aromatic heterocycles. The number of anilines is 2. The number of amides is 2. The molecule has 2 aromatic carbocycles. The number of ketones is 2. The monoisotopic (exact) mass is 1020 g/mol. The Morgan fingerprint density at radius 2 is 1.29 bits per heavy atom. The number of thiazole rings is 1. The van der Waals surface area contributed by atoms with Crippen molar-refractivity contribution in [1.29, 1.82) is 5.26 Å². The molecule has 23 heteroatoms. The molecule has 5 rings (SSSR count). The van der Waals surface area contributed by atoms with Crippen LogP contribution in [-0.2, 0) is 9.47 Å².